The van der Waals surface area contributed by atoms with E-state index in [1.807, 2.05) is 60.7 Å². The third-order valence-electron chi connectivity index (χ3n) is 8.52. The topological polar surface area (TPSA) is 133 Å². The van der Waals surface area contributed by atoms with Crippen molar-refractivity contribution >= 4 is 33.9 Å². The molecule has 0 atom stereocenters. The van der Waals surface area contributed by atoms with Crippen LogP contribution < -0.4 is 73.0 Å². The van der Waals surface area contributed by atoms with Crippen molar-refractivity contribution in [2.24, 2.45) is 10.9 Å². The molecule has 0 saturated carbocycles. The Kier molecular flexibility index (Phi) is 18.4. The molecule has 0 aromatic heterocycles. The van der Waals surface area contributed by atoms with Crippen molar-refractivity contribution in [3.05, 3.63) is 143 Å². The maximum Gasteiger partial charge on any atom is 1.00 e. The molecule has 1 amide bonds. The van der Waals surface area contributed by atoms with Gasteiger partial charge in [-0.2, -0.15) is 0 Å². The predicted octanol–water partition coefficient (Wildman–Crippen LogP) is 8.62. The van der Waals surface area contributed by atoms with Crippen LogP contribution >= 0.6 is 0 Å². The Morgan fingerprint density at radius 2 is 1.47 bits per heavy atom. The molecule has 9 heteroatoms. The van der Waals surface area contributed by atoms with Gasteiger partial charge in [0, 0.05) is 52.7 Å². The molecule has 0 unspecified atom stereocenters. The van der Waals surface area contributed by atoms with E-state index in [1.54, 1.807) is 6.07 Å². The Balaban J connectivity index is 0.000000999. The summed E-state index contributed by atoms with van der Waals surface area (Å²) in [5, 5.41) is 12.2. The predicted molar refractivity (Wildman–Crippen MR) is 216 cm³/mol. The zero-order chi connectivity index (χ0) is 37.1. The van der Waals surface area contributed by atoms with Gasteiger partial charge in [-0.3, -0.25) is 0 Å². The summed E-state index contributed by atoms with van der Waals surface area (Å²) >= 11 is 0. The molecule has 0 radical (unpaired) electrons. The molecule has 8 nitrogen and oxygen atoms in total. The Hall–Kier alpha value is -4.06. The number of hydrogen-bond donors (Lipinski definition) is 3. The molecule has 5 N–H and O–H groups in total. The smallest absolute Gasteiger partial charge is 0.554 e. The summed E-state index contributed by atoms with van der Waals surface area (Å²) in [7, 11) is 1.00. The van der Waals surface area contributed by atoms with Crippen LogP contribution in [0.5, 0.6) is 5.75 Å². The maximum absolute atomic E-state index is 11.9. The van der Waals surface area contributed by atoms with Crippen molar-refractivity contribution in [3.63, 3.8) is 0 Å². The largest absolute Gasteiger partial charge is 1.00 e. The van der Waals surface area contributed by atoms with Crippen LogP contribution in [0.25, 0.3) is 38.9 Å². The molecule has 1 heterocycles. The summed E-state index contributed by atoms with van der Waals surface area (Å²) in [5.74, 6) is 1.43. The Bertz CT molecular complexity index is 2130. The van der Waals surface area contributed by atoms with Crippen molar-refractivity contribution < 1.29 is 70.5 Å². The number of anilines is 2. The summed E-state index contributed by atoms with van der Waals surface area (Å²) in [6.45, 7) is 18.4. The van der Waals surface area contributed by atoms with Gasteiger partial charge in [0.15, 0.2) is 0 Å². The minimum atomic E-state index is -0.558. The van der Waals surface area contributed by atoms with E-state index < -0.39 is 5.91 Å². The van der Waals surface area contributed by atoms with Crippen molar-refractivity contribution in [1.29, 1.82) is 0 Å². The number of carbonyl (C=O) groups excluding carboxylic acids is 1. The minimum absolute atomic E-state index is 0. The molecule has 2 aliphatic rings. The fraction of sp³-hybridized carbons (Fsp3) is 0.227. The average molecular weight is 739 g/mol. The second-order valence-corrected chi connectivity index (χ2v) is 12.6. The molecule has 53 heavy (non-hydrogen) atoms. The van der Waals surface area contributed by atoms with Crippen molar-refractivity contribution in [2.45, 2.75) is 54.9 Å². The third kappa shape index (κ3) is 11.5. The van der Waals surface area contributed by atoms with E-state index in [4.69, 9.17) is 19.4 Å². The first-order chi connectivity index (χ1) is 24.6. The van der Waals surface area contributed by atoms with Crippen LogP contribution in [-0.2, 0) is 4.79 Å². The van der Waals surface area contributed by atoms with Gasteiger partial charge in [-0.15, -0.1) is 0 Å². The molecule has 4 aromatic rings. The zero-order valence-electron chi connectivity index (χ0n) is 32.6. The number of amides is 1. The molecule has 1 aliphatic heterocycles. The quantitative estimate of drug-likeness (QED) is 0.0620. The summed E-state index contributed by atoms with van der Waals surface area (Å²) in [6.07, 6.45) is 2.42. The summed E-state index contributed by atoms with van der Waals surface area (Å²) in [4.78, 5) is 22.5. The van der Waals surface area contributed by atoms with E-state index in [-0.39, 0.29) is 57.5 Å². The number of carbonyl (C=O) groups is 1. The molecule has 6 rings (SSSR count). The number of aliphatic hydroxyl groups excluding tert-OH is 1. The molecule has 1 aliphatic carbocycles. The number of fused-ring (bicyclic) bond motifs is 2. The molecule has 0 saturated heterocycles. The third-order valence-corrected chi connectivity index (χ3v) is 8.52. The number of aliphatic hydroxyl groups is 1. The van der Waals surface area contributed by atoms with Crippen LogP contribution in [0.2, 0.25) is 0 Å². The molecule has 0 fully saturated rings. The maximum atomic E-state index is 11.9. The Morgan fingerprint density at radius 1 is 0.868 bits per heavy atom. The second-order valence-electron chi connectivity index (χ2n) is 12.6. The van der Waals surface area contributed by atoms with Crippen molar-refractivity contribution in [3.8, 4) is 28.2 Å². The van der Waals surface area contributed by atoms with E-state index >= 15 is 0 Å². The average Bonchev–Trinajstić information content (AvgIpc) is 3.14. The first kappa shape index (κ1) is 45.1. The first-order valence-electron chi connectivity index (χ1n) is 17.1. The number of para-hydroxylation sites is 3. The van der Waals surface area contributed by atoms with Gasteiger partial charge in [-0.05, 0) is 92.3 Å². The van der Waals surface area contributed by atoms with Crippen LogP contribution in [0.1, 0.15) is 49.4 Å². The summed E-state index contributed by atoms with van der Waals surface area (Å²) in [6, 6.07) is 32.0. The number of hydrogen-bond acceptors (Lipinski definition) is 7. The van der Waals surface area contributed by atoms with E-state index in [9.17, 15) is 4.79 Å². The van der Waals surface area contributed by atoms with Gasteiger partial charge in [0.25, 0.3) is 0 Å². The fourth-order valence-electron chi connectivity index (χ4n) is 5.47. The molecular weight excluding hydrogens is 688 g/mol. The second kappa shape index (κ2) is 21.6. The van der Waals surface area contributed by atoms with Gasteiger partial charge in [-0.1, -0.05) is 88.4 Å². The Labute approximate surface area is 356 Å². The fourth-order valence-corrected chi connectivity index (χ4v) is 5.47. The number of nitrogens with zero attached hydrogens (tertiary/aromatic N) is 2. The number of hydroxylamine groups is 1. The standard InChI is InChI=1S/C38H33N3O3.C5H12.CH4O.K.H3N/c1-6-35(42)41-44-32-16-8-7-15-29(32)36-30-19-17-27(39-37-23(2)11-9-12-24(37)3)21-33(30)43-34-22-28(18-20-31(34)36)40-38-25(4)13-10-14-26(38)5;1-4-5(2)3;1-2;;/h6-22H,1H2,2-5H3,(H2,39,40,41,42);5H,4H2,1-3H3;2H,1H3;;1H3/q;;;+1;/p-1. The molecule has 4 aromatic carbocycles. The zero-order valence-corrected chi connectivity index (χ0v) is 35.7. The SMILES string of the molecule is C=CC(=O)[N-]Oc1ccccc1-c1c2ccc(=Nc3c(C)cccc3C)cc-2oc2cc(Nc3c(C)cccc3C)ccc12.CCC(C)C.CO.N.[K+]. The van der Waals surface area contributed by atoms with E-state index in [0.717, 1.165) is 85.9 Å². The molecule has 0 bridgehead atoms. The molecule has 272 valence electrons. The van der Waals surface area contributed by atoms with E-state index in [1.165, 1.54) is 6.42 Å². The van der Waals surface area contributed by atoms with Gasteiger partial charge in [-0.25, -0.2) is 4.99 Å². The van der Waals surface area contributed by atoms with Crippen molar-refractivity contribution in [1.82, 2.24) is 6.15 Å². The van der Waals surface area contributed by atoms with E-state index in [0.29, 0.717) is 17.1 Å². The number of nitrogens with one attached hydrogen (secondary N) is 1. The molecular formula is C44H51KN4O4. The van der Waals surface area contributed by atoms with Gasteiger partial charge in [0.2, 0.25) is 0 Å². The van der Waals surface area contributed by atoms with Gasteiger partial charge in [0.05, 0.1) is 11.0 Å². The van der Waals surface area contributed by atoms with Crippen LogP contribution in [0.3, 0.4) is 0 Å². The number of aryl methyl sites for hydroxylation is 4. The van der Waals surface area contributed by atoms with E-state index in [2.05, 4.69) is 96.2 Å². The van der Waals surface area contributed by atoms with Crippen LogP contribution in [0.4, 0.5) is 17.1 Å². The summed E-state index contributed by atoms with van der Waals surface area (Å²) in [5.41, 5.74) is 14.4. The normalized spacial score (nSPS) is 10.6. The van der Waals surface area contributed by atoms with Crippen LogP contribution in [-0.4, -0.2) is 18.1 Å². The summed E-state index contributed by atoms with van der Waals surface area (Å²) < 4.78 is 6.61. The van der Waals surface area contributed by atoms with Gasteiger partial charge in [0.1, 0.15) is 23.0 Å². The van der Waals surface area contributed by atoms with Crippen LogP contribution in [0, 0.1) is 33.6 Å². The molecule has 0 spiro atoms. The monoisotopic (exact) mass is 738 g/mol. The van der Waals surface area contributed by atoms with Crippen LogP contribution in [0.15, 0.2) is 119 Å². The minimum Gasteiger partial charge on any atom is -0.554 e. The van der Waals surface area contributed by atoms with Gasteiger partial charge < -0.3 is 36.1 Å². The number of rotatable bonds is 8. The number of benzene rings is 5. The van der Waals surface area contributed by atoms with Crippen molar-refractivity contribution in [2.75, 3.05) is 12.4 Å². The Morgan fingerprint density at radius 3 is 2.08 bits per heavy atom. The van der Waals surface area contributed by atoms with Gasteiger partial charge >= 0.3 is 51.4 Å². The first-order valence-corrected chi connectivity index (χ1v) is 17.1.